The van der Waals surface area contributed by atoms with E-state index in [1.54, 1.807) is 10.7 Å². The monoisotopic (exact) mass is 534 g/mol. The SMILES string of the molecule is C=C1CCN([C@@H]2CCN(c3ncc4ncnc(Nc5ccc(Oc6ccn7ncnc7c6)c(C)c5)c4n3)C2)C1=O. The van der Waals surface area contributed by atoms with Crippen LogP contribution in [0.15, 0.2) is 67.5 Å². The molecule has 1 N–H and O–H groups in total. The highest BCUT2D eigenvalue weighted by molar-refractivity contribution is 5.95. The molecule has 2 fully saturated rings. The third-order valence-electron chi connectivity index (χ3n) is 7.39. The molecule has 12 nitrogen and oxygen atoms in total. The molecule has 0 bridgehead atoms. The van der Waals surface area contributed by atoms with E-state index in [1.165, 1.54) is 12.7 Å². The second-order valence-corrected chi connectivity index (χ2v) is 10.00. The van der Waals surface area contributed by atoms with Gasteiger partial charge in [-0.3, -0.25) is 4.79 Å². The van der Waals surface area contributed by atoms with Gasteiger partial charge in [-0.2, -0.15) is 5.10 Å². The van der Waals surface area contributed by atoms with E-state index in [0.717, 1.165) is 42.9 Å². The standard InChI is InChI=1S/C28H26N10O2/c1-17-5-9-37(27(17)39)20-6-8-36(14-20)28-29-13-22-25(35-28)26(32-15-30-22)34-19-3-4-23(18(2)11-19)40-21-7-10-38-24(12-21)31-16-33-38/h3-4,7,10-13,15-16,20H,1,5-6,8-9,14H2,2H3,(H,30,32,34)/t20-/m1/s1. The van der Waals surface area contributed by atoms with Crippen LogP contribution in [-0.2, 0) is 4.79 Å². The van der Waals surface area contributed by atoms with Crippen molar-refractivity contribution >= 4 is 40.0 Å². The lowest BCUT2D eigenvalue weighted by Crippen LogP contribution is -2.38. The van der Waals surface area contributed by atoms with E-state index in [2.05, 4.69) is 41.8 Å². The Morgan fingerprint density at radius 3 is 2.85 bits per heavy atom. The molecular formula is C28H26N10O2. The maximum absolute atomic E-state index is 12.4. The topological polar surface area (TPSA) is 127 Å². The van der Waals surface area contributed by atoms with Crippen molar-refractivity contribution in [3.63, 3.8) is 0 Å². The summed E-state index contributed by atoms with van der Waals surface area (Å²) in [6.07, 6.45) is 8.14. The first-order chi connectivity index (χ1) is 19.5. The number of nitrogens with one attached hydrogen (secondary N) is 1. The van der Waals surface area contributed by atoms with Gasteiger partial charge in [-0.15, -0.1) is 0 Å². The number of fused-ring (bicyclic) bond motifs is 2. The zero-order valence-corrected chi connectivity index (χ0v) is 21.9. The lowest BCUT2D eigenvalue weighted by molar-refractivity contribution is -0.126. The first-order valence-corrected chi connectivity index (χ1v) is 13.1. The second kappa shape index (κ2) is 9.56. The van der Waals surface area contributed by atoms with Crippen molar-refractivity contribution in [1.29, 1.82) is 0 Å². The number of carbonyl (C=O) groups excluding carboxylic acids is 1. The molecule has 0 radical (unpaired) electrons. The van der Waals surface area contributed by atoms with E-state index >= 15 is 0 Å². The number of likely N-dealkylation sites (tertiary alicyclic amines) is 1. The van der Waals surface area contributed by atoms with Gasteiger partial charge in [0.05, 0.1) is 12.2 Å². The lowest BCUT2D eigenvalue weighted by atomic mass is 10.2. The Kier molecular flexibility index (Phi) is 5.72. The number of carbonyl (C=O) groups is 1. The van der Waals surface area contributed by atoms with Gasteiger partial charge < -0.3 is 19.9 Å². The number of ether oxygens (including phenoxy) is 1. The molecule has 2 aliphatic rings. The van der Waals surface area contributed by atoms with E-state index in [9.17, 15) is 4.79 Å². The summed E-state index contributed by atoms with van der Waals surface area (Å²) in [6.45, 7) is 8.06. The normalized spacial score (nSPS) is 17.4. The molecule has 0 spiro atoms. The van der Waals surface area contributed by atoms with Gasteiger partial charge >= 0.3 is 0 Å². The summed E-state index contributed by atoms with van der Waals surface area (Å²) in [4.78, 5) is 38.9. The van der Waals surface area contributed by atoms with Crippen LogP contribution < -0.4 is 15.0 Å². The summed E-state index contributed by atoms with van der Waals surface area (Å²) >= 11 is 0. The third-order valence-corrected chi connectivity index (χ3v) is 7.39. The van der Waals surface area contributed by atoms with Gasteiger partial charge in [-0.1, -0.05) is 6.58 Å². The quantitative estimate of drug-likeness (QED) is 0.322. The van der Waals surface area contributed by atoms with Crippen molar-refractivity contribution in [2.45, 2.75) is 25.8 Å². The number of hydrogen-bond acceptors (Lipinski definition) is 10. The van der Waals surface area contributed by atoms with Gasteiger partial charge in [-0.25, -0.2) is 29.4 Å². The third kappa shape index (κ3) is 4.32. The smallest absolute Gasteiger partial charge is 0.249 e. The number of nitrogens with zero attached hydrogens (tertiary/aromatic N) is 9. The maximum Gasteiger partial charge on any atom is 0.249 e. The number of amides is 1. The molecule has 7 rings (SSSR count). The minimum absolute atomic E-state index is 0.0641. The van der Waals surface area contributed by atoms with Gasteiger partial charge in [-0.05, 0) is 49.6 Å². The Morgan fingerprint density at radius 2 is 2.00 bits per heavy atom. The van der Waals surface area contributed by atoms with Gasteiger partial charge in [0.1, 0.15) is 35.2 Å². The highest BCUT2D eigenvalue weighted by Gasteiger charge is 2.35. The second-order valence-electron chi connectivity index (χ2n) is 10.00. The van der Waals surface area contributed by atoms with Gasteiger partial charge in [0.2, 0.25) is 11.9 Å². The molecule has 2 aliphatic heterocycles. The van der Waals surface area contributed by atoms with Crippen molar-refractivity contribution in [3.05, 3.63) is 73.1 Å². The van der Waals surface area contributed by atoms with E-state index in [4.69, 9.17) is 9.72 Å². The molecule has 2 saturated heterocycles. The number of anilines is 3. The van der Waals surface area contributed by atoms with Crippen LogP contribution in [0.4, 0.5) is 17.5 Å². The molecule has 40 heavy (non-hydrogen) atoms. The predicted octanol–water partition coefficient (Wildman–Crippen LogP) is 3.67. The van der Waals surface area contributed by atoms with Crippen LogP contribution in [0.3, 0.4) is 0 Å². The first-order valence-electron chi connectivity index (χ1n) is 13.1. The van der Waals surface area contributed by atoms with E-state index in [1.807, 2.05) is 48.4 Å². The van der Waals surface area contributed by atoms with Crippen LogP contribution in [0.25, 0.3) is 16.7 Å². The number of benzene rings is 1. The summed E-state index contributed by atoms with van der Waals surface area (Å²) in [7, 11) is 0. The fraction of sp³-hybridized carbons (Fsp3) is 0.250. The Labute approximate surface area is 229 Å². The Hall–Kier alpha value is -5.13. The summed E-state index contributed by atoms with van der Waals surface area (Å²) in [5, 5.41) is 7.49. The van der Waals surface area contributed by atoms with Crippen LogP contribution in [0.1, 0.15) is 18.4 Å². The van der Waals surface area contributed by atoms with Gasteiger partial charge in [0, 0.05) is 43.2 Å². The first kappa shape index (κ1) is 23.9. The number of pyridine rings is 1. The molecule has 6 heterocycles. The number of aryl methyl sites for hydroxylation is 1. The van der Waals surface area contributed by atoms with Gasteiger partial charge in [0.15, 0.2) is 11.5 Å². The molecule has 1 amide bonds. The molecule has 200 valence electrons. The number of hydrogen-bond donors (Lipinski definition) is 1. The Balaban J connectivity index is 1.10. The zero-order chi connectivity index (χ0) is 27.2. The summed E-state index contributed by atoms with van der Waals surface area (Å²) in [5.41, 5.74) is 4.46. The molecular weight excluding hydrogens is 508 g/mol. The molecule has 5 aromatic rings. The molecule has 12 heteroatoms. The lowest BCUT2D eigenvalue weighted by Gasteiger charge is -2.24. The average molecular weight is 535 g/mol. The van der Waals surface area contributed by atoms with Crippen LogP contribution in [-0.4, -0.2) is 71.0 Å². The Morgan fingerprint density at radius 1 is 1.07 bits per heavy atom. The molecule has 4 aromatic heterocycles. The predicted molar refractivity (Wildman–Crippen MR) is 149 cm³/mol. The maximum atomic E-state index is 12.4. The van der Waals surface area contributed by atoms with E-state index < -0.39 is 0 Å². The number of rotatable bonds is 6. The summed E-state index contributed by atoms with van der Waals surface area (Å²) in [5.74, 6) is 2.66. The number of aromatic nitrogens is 7. The van der Waals surface area contributed by atoms with Crippen LogP contribution in [0, 0.1) is 6.92 Å². The highest BCUT2D eigenvalue weighted by atomic mass is 16.5. The molecule has 1 atom stereocenters. The summed E-state index contributed by atoms with van der Waals surface area (Å²) in [6, 6.07) is 9.66. The van der Waals surface area contributed by atoms with Crippen molar-refractivity contribution in [1.82, 2.24) is 39.4 Å². The Bertz CT molecular complexity index is 1780. The van der Waals surface area contributed by atoms with Crippen molar-refractivity contribution in [2.75, 3.05) is 29.9 Å². The zero-order valence-electron chi connectivity index (χ0n) is 21.9. The largest absolute Gasteiger partial charge is 0.457 e. The fourth-order valence-corrected chi connectivity index (χ4v) is 5.25. The van der Waals surface area contributed by atoms with Crippen LogP contribution in [0.5, 0.6) is 11.5 Å². The van der Waals surface area contributed by atoms with Crippen molar-refractivity contribution in [2.24, 2.45) is 0 Å². The summed E-state index contributed by atoms with van der Waals surface area (Å²) < 4.78 is 7.78. The van der Waals surface area contributed by atoms with Gasteiger partial charge in [0.25, 0.3) is 0 Å². The minimum Gasteiger partial charge on any atom is -0.457 e. The molecule has 1 aromatic carbocycles. The van der Waals surface area contributed by atoms with E-state index in [-0.39, 0.29) is 11.9 Å². The average Bonchev–Trinajstić information content (AvgIpc) is 3.71. The fourth-order valence-electron chi connectivity index (χ4n) is 5.25. The molecule has 0 unspecified atom stereocenters. The van der Waals surface area contributed by atoms with E-state index in [0.29, 0.717) is 46.3 Å². The van der Waals surface area contributed by atoms with Crippen LogP contribution in [0.2, 0.25) is 0 Å². The molecule has 0 aliphatic carbocycles. The van der Waals surface area contributed by atoms with Crippen LogP contribution >= 0.6 is 0 Å². The van der Waals surface area contributed by atoms with Crippen molar-refractivity contribution < 1.29 is 9.53 Å². The highest BCUT2D eigenvalue weighted by Crippen LogP contribution is 2.31. The molecule has 0 saturated carbocycles. The minimum atomic E-state index is 0.0641. The van der Waals surface area contributed by atoms with Crippen molar-refractivity contribution in [3.8, 4) is 11.5 Å².